The first-order chi connectivity index (χ1) is 16.8. The fraction of sp³-hybridized carbons (Fsp3) is 0.545. The zero-order valence-electron chi connectivity index (χ0n) is 23.9. The molecule has 0 radical (unpaired) electrons. The topological polar surface area (TPSA) is 35.5 Å². The van der Waals surface area contributed by atoms with E-state index >= 15 is 0 Å². The standard InChI is InChI=1S/C33H46O3/c1-10-11-20-31(5,6)30(34)35-27-16-12-25(13-17-27)33(9,22-23(2)3)26-14-18-28(19-15-26)36-32(7,8)29-21-24(29)4/h12-19,21,23,29H,10-11,20,22H2,1-9H3. The Labute approximate surface area is 219 Å². The van der Waals surface area contributed by atoms with Crippen molar-refractivity contribution in [3.05, 3.63) is 71.3 Å². The van der Waals surface area contributed by atoms with Crippen molar-refractivity contribution in [2.24, 2.45) is 17.3 Å². The predicted octanol–water partition coefficient (Wildman–Crippen LogP) is 8.89. The largest absolute Gasteiger partial charge is 0.487 e. The van der Waals surface area contributed by atoms with Crippen LogP contribution >= 0.6 is 0 Å². The molecule has 1 aliphatic rings. The van der Waals surface area contributed by atoms with Gasteiger partial charge in [0, 0.05) is 11.3 Å². The van der Waals surface area contributed by atoms with Crippen LogP contribution in [-0.2, 0) is 10.2 Å². The summed E-state index contributed by atoms with van der Waals surface area (Å²) in [4.78, 5) is 12.7. The summed E-state index contributed by atoms with van der Waals surface area (Å²) < 4.78 is 12.1. The second-order valence-corrected chi connectivity index (χ2v) is 12.4. The van der Waals surface area contributed by atoms with Gasteiger partial charge in [0.05, 0.1) is 5.41 Å². The second-order valence-electron chi connectivity index (χ2n) is 12.4. The first kappa shape index (κ1) is 28.0. The summed E-state index contributed by atoms with van der Waals surface area (Å²) in [5.74, 6) is 2.29. The van der Waals surface area contributed by atoms with E-state index in [1.165, 1.54) is 16.7 Å². The molecule has 0 N–H and O–H groups in total. The minimum atomic E-state index is -0.479. The molecule has 1 aliphatic carbocycles. The van der Waals surface area contributed by atoms with Crippen molar-refractivity contribution < 1.29 is 14.3 Å². The van der Waals surface area contributed by atoms with Gasteiger partial charge < -0.3 is 9.47 Å². The van der Waals surface area contributed by atoms with E-state index in [4.69, 9.17) is 9.47 Å². The Balaban J connectivity index is 1.78. The van der Waals surface area contributed by atoms with Crippen LogP contribution in [0.25, 0.3) is 0 Å². The van der Waals surface area contributed by atoms with Gasteiger partial charge in [-0.2, -0.15) is 0 Å². The Bertz CT molecular complexity index is 1060. The van der Waals surface area contributed by atoms with Gasteiger partial charge >= 0.3 is 5.97 Å². The van der Waals surface area contributed by atoms with E-state index in [2.05, 4.69) is 90.9 Å². The lowest BCUT2D eigenvalue weighted by Crippen LogP contribution is -2.32. The van der Waals surface area contributed by atoms with Crippen molar-refractivity contribution in [1.29, 1.82) is 0 Å². The summed E-state index contributed by atoms with van der Waals surface area (Å²) in [5.41, 5.74) is 3.00. The van der Waals surface area contributed by atoms with Gasteiger partial charge in [0.2, 0.25) is 0 Å². The van der Waals surface area contributed by atoms with Gasteiger partial charge in [-0.1, -0.05) is 76.5 Å². The maximum Gasteiger partial charge on any atom is 0.316 e. The lowest BCUT2D eigenvalue weighted by molar-refractivity contribution is -0.144. The number of carbonyl (C=O) groups is 1. The number of hydrogen-bond donors (Lipinski definition) is 0. The van der Waals surface area contributed by atoms with E-state index in [9.17, 15) is 4.79 Å². The number of hydrogen-bond acceptors (Lipinski definition) is 3. The highest BCUT2D eigenvalue weighted by atomic mass is 16.5. The van der Waals surface area contributed by atoms with Crippen molar-refractivity contribution in [1.82, 2.24) is 0 Å². The molecule has 0 aromatic heterocycles. The molecule has 3 nitrogen and oxygen atoms in total. The highest BCUT2D eigenvalue weighted by Crippen LogP contribution is 2.42. The van der Waals surface area contributed by atoms with Gasteiger partial charge in [-0.3, -0.25) is 4.79 Å². The molecule has 2 unspecified atom stereocenters. The molecule has 0 heterocycles. The minimum absolute atomic E-state index is 0.163. The average molecular weight is 491 g/mol. The fourth-order valence-corrected chi connectivity index (χ4v) is 5.30. The summed E-state index contributed by atoms with van der Waals surface area (Å²) in [7, 11) is 0. The molecule has 0 saturated carbocycles. The first-order valence-corrected chi connectivity index (χ1v) is 13.6. The summed E-state index contributed by atoms with van der Waals surface area (Å²) >= 11 is 0. The molecule has 0 saturated heterocycles. The maximum atomic E-state index is 12.7. The molecule has 3 rings (SSSR count). The molecule has 2 aromatic carbocycles. The van der Waals surface area contributed by atoms with E-state index in [0.717, 1.165) is 31.4 Å². The van der Waals surface area contributed by atoms with Crippen LogP contribution in [0.5, 0.6) is 11.5 Å². The SMILES string of the molecule is CCCCC(C)(C)C(=O)Oc1ccc(C(C)(CC(C)C)c2ccc(OC(C)(C)C3C=C3C)cc2)cc1. The lowest BCUT2D eigenvalue weighted by atomic mass is 9.71. The fourth-order valence-electron chi connectivity index (χ4n) is 5.30. The third-order valence-corrected chi connectivity index (χ3v) is 7.66. The van der Waals surface area contributed by atoms with Crippen molar-refractivity contribution in [3.63, 3.8) is 0 Å². The number of rotatable bonds is 12. The molecular weight excluding hydrogens is 444 g/mol. The van der Waals surface area contributed by atoms with Crippen LogP contribution in [0.3, 0.4) is 0 Å². The Morgan fingerprint density at radius 1 is 0.889 bits per heavy atom. The van der Waals surface area contributed by atoms with Crippen LogP contribution in [-0.4, -0.2) is 11.6 Å². The van der Waals surface area contributed by atoms with E-state index < -0.39 is 5.41 Å². The Morgan fingerprint density at radius 3 is 1.83 bits per heavy atom. The maximum absolute atomic E-state index is 12.7. The van der Waals surface area contributed by atoms with Crippen LogP contribution in [0.2, 0.25) is 0 Å². The third kappa shape index (κ3) is 6.60. The van der Waals surface area contributed by atoms with E-state index in [-0.39, 0.29) is 17.0 Å². The van der Waals surface area contributed by atoms with Gasteiger partial charge in [0.1, 0.15) is 17.1 Å². The summed E-state index contributed by atoms with van der Waals surface area (Å²) in [5, 5.41) is 0. The lowest BCUT2D eigenvalue weighted by Gasteiger charge is -2.33. The van der Waals surface area contributed by atoms with Gasteiger partial charge in [-0.15, -0.1) is 0 Å². The average Bonchev–Trinajstić information content (AvgIpc) is 3.55. The Hall–Kier alpha value is -2.55. The van der Waals surface area contributed by atoms with Crippen molar-refractivity contribution >= 4 is 5.97 Å². The Kier molecular flexibility index (Phi) is 8.43. The zero-order chi connectivity index (χ0) is 26.7. The van der Waals surface area contributed by atoms with Crippen LogP contribution in [0.1, 0.15) is 99.1 Å². The van der Waals surface area contributed by atoms with Crippen LogP contribution < -0.4 is 9.47 Å². The van der Waals surface area contributed by atoms with E-state index in [1.807, 2.05) is 26.0 Å². The molecule has 0 aliphatic heterocycles. The van der Waals surface area contributed by atoms with Gasteiger partial charge in [-0.25, -0.2) is 0 Å². The third-order valence-electron chi connectivity index (χ3n) is 7.66. The number of esters is 1. The number of ether oxygens (including phenoxy) is 2. The summed E-state index contributed by atoms with van der Waals surface area (Å²) in [6, 6.07) is 16.7. The van der Waals surface area contributed by atoms with Gasteiger partial charge in [0.15, 0.2) is 0 Å². The highest BCUT2D eigenvalue weighted by molar-refractivity contribution is 5.78. The molecule has 0 spiro atoms. The minimum Gasteiger partial charge on any atom is -0.487 e. The van der Waals surface area contributed by atoms with Crippen LogP contribution in [0.4, 0.5) is 0 Å². The zero-order valence-corrected chi connectivity index (χ0v) is 23.9. The highest BCUT2D eigenvalue weighted by Gasteiger charge is 2.39. The molecule has 2 atom stereocenters. The van der Waals surface area contributed by atoms with Crippen LogP contribution in [0.15, 0.2) is 60.2 Å². The molecule has 196 valence electrons. The number of unbranched alkanes of at least 4 members (excludes halogenated alkanes) is 1. The first-order valence-electron chi connectivity index (χ1n) is 13.6. The van der Waals surface area contributed by atoms with Gasteiger partial charge in [-0.05, 0) is 88.8 Å². The molecule has 0 bridgehead atoms. The van der Waals surface area contributed by atoms with Crippen molar-refractivity contribution in [2.45, 2.75) is 99.0 Å². The van der Waals surface area contributed by atoms with Gasteiger partial charge in [0.25, 0.3) is 0 Å². The summed E-state index contributed by atoms with van der Waals surface area (Å²) in [6.45, 7) is 19.4. The smallest absolute Gasteiger partial charge is 0.316 e. The molecule has 0 amide bonds. The van der Waals surface area contributed by atoms with Crippen LogP contribution in [0, 0.1) is 17.3 Å². The molecular formula is C33H46O3. The van der Waals surface area contributed by atoms with E-state index in [1.54, 1.807) is 0 Å². The van der Waals surface area contributed by atoms with Crippen molar-refractivity contribution in [3.8, 4) is 11.5 Å². The molecule has 36 heavy (non-hydrogen) atoms. The quantitative estimate of drug-likeness (QED) is 0.169. The predicted molar refractivity (Wildman–Crippen MR) is 150 cm³/mol. The molecule has 0 fully saturated rings. The normalized spacial score (nSPS) is 17.4. The van der Waals surface area contributed by atoms with Crippen molar-refractivity contribution in [2.75, 3.05) is 0 Å². The molecule has 2 aromatic rings. The number of carbonyl (C=O) groups excluding carboxylic acids is 1. The monoisotopic (exact) mass is 490 g/mol. The Morgan fingerprint density at radius 2 is 1.39 bits per heavy atom. The molecule has 3 heteroatoms. The number of benzene rings is 2. The summed E-state index contributed by atoms with van der Waals surface area (Å²) in [6.07, 6.45) is 6.20. The van der Waals surface area contributed by atoms with E-state index in [0.29, 0.717) is 17.6 Å². The second kappa shape index (κ2) is 10.8.